The Kier molecular flexibility index (Phi) is 5.75. The van der Waals surface area contributed by atoms with Crippen LogP contribution in [-0.4, -0.2) is 32.3 Å². The summed E-state index contributed by atoms with van der Waals surface area (Å²) < 4.78 is 7.69. The molecule has 0 aliphatic carbocycles. The summed E-state index contributed by atoms with van der Waals surface area (Å²) in [6.45, 7) is 3.99. The minimum Gasteiger partial charge on any atom is -0.367 e. The van der Waals surface area contributed by atoms with Crippen LogP contribution >= 0.6 is 0 Å². The average Bonchev–Trinajstić information content (AvgIpc) is 3.14. The van der Waals surface area contributed by atoms with Crippen LogP contribution in [-0.2, 0) is 28.2 Å². The van der Waals surface area contributed by atoms with E-state index in [0.29, 0.717) is 13.0 Å². The number of hydrogen-bond acceptors (Lipinski definition) is 5. The van der Waals surface area contributed by atoms with Crippen LogP contribution in [0.2, 0.25) is 0 Å². The van der Waals surface area contributed by atoms with Crippen LogP contribution in [0, 0.1) is 0 Å². The maximum absolute atomic E-state index is 11.9. The monoisotopic (exact) mass is 343 g/mol. The van der Waals surface area contributed by atoms with Crippen molar-refractivity contribution in [1.29, 1.82) is 0 Å². The Balaban J connectivity index is 1.42. The molecule has 3 rings (SSSR count). The number of nitrogens with zero attached hydrogens (tertiary/aromatic N) is 4. The molecule has 1 fully saturated rings. The van der Waals surface area contributed by atoms with Gasteiger partial charge in [-0.25, -0.2) is 9.97 Å². The molecule has 1 N–H and O–H groups in total. The predicted octanol–water partition coefficient (Wildman–Crippen LogP) is 2.19. The van der Waals surface area contributed by atoms with Gasteiger partial charge in [-0.1, -0.05) is 0 Å². The molecule has 0 unspecified atom stereocenters. The molecular formula is C18H25N5O2. The predicted molar refractivity (Wildman–Crippen MR) is 92.5 cm³/mol. The van der Waals surface area contributed by atoms with E-state index in [-0.39, 0.29) is 11.5 Å². The number of aryl methyl sites for hydroxylation is 1. The Bertz CT molecular complexity index is 663. The minimum absolute atomic E-state index is 0.0267. The second kappa shape index (κ2) is 8.20. The van der Waals surface area contributed by atoms with Gasteiger partial charge in [-0.3, -0.25) is 9.48 Å². The van der Waals surface area contributed by atoms with Gasteiger partial charge in [0.05, 0.1) is 0 Å². The van der Waals surface area contributed by atoms with Gasteiger partial charge in [-0.15, -0.1) is 0 Å². The highest BCUT2D eigenvalue weighted by molar-refractivity contribution is 5.75. The van der Waals surface area contributed by atoms with Crippen molar-refractivity contribution in [2.75, 3.05) is 6.61 Å². The number of amides is 1. The Morgan fingerprint density at radius 2 is 2.20 bits per heavy atom. The van der Waals surface area contributed by atoms with Crippen LogP contribution in [0.25, 0.3) is 0 Å². The fourth-order valence-electron chi connectivity index (χ4n) is 2.95. The van der Waals surface area contributed by atoms with Gasteiger partial charge in [0, 0.05) is 56.5 Å². The molecule has 1 atom stereocenters. The fourth-order valence-corrected chi connectivity index (χ4v) is 2.95. The highest BCUT2D eigenvalue weighted by Crippen LogP contribution is 2.32. The van der Waals surface area contributed by atoms with E-state index >= 15 is 0 Å². The second-order valence-electron chi connectivity index (χ2n) is 6.60. The zero-order valence-corrected chi connectivity index (χ0v) is 14.6. The number of carbonyl (C=O) groups is 1. The van der Waals surface area contributed by atoms with Crippen LogP contribution < -0.4 is 5.32 Å². The molecule has 7 nitrogen and oxygen atoms in total. The molecule has 1 aliphatic rings. The number of hydrogen-bond donors (Lipinski definition) is 1. The van der Waals surface area contributed by atoms with Crippen molar-refractivity contribution in [3.63, 3.8) is 0 Å². The largest absolute Gasteiger partial charge is 0.367 e. The average molecular weight is 343 g/mol. The third-order valence-corrected chi connectivity index (χ3v) is 4.49. The van der Waals surface area contributed by atoms with Gasteiger partial charge in [0.15, 0.2) is 5.82 Å². The van der Waals surface area contributed by atoms with E-state index in [1.54, 1.807) is 18.6 Å². The molecule has 0 spiro atoms. The molecule has 25 heavy (non-hydrogen) atoms. The molecule has 1 aliphatic heterocycles. The van der Waals surface area contributed by atoms with Crippen LogP contribution in [0.15, 0.2) is 30.9 Å². The van der Waals surface area contributed by atoms with Crippen molar-refractivity contribution in [3.05, 3.63) is 42.2 Å². The molecule has 0 saturated carbocycles. The van der Waals surface area contributed by atoms with E-state index in [1.165, 1.54) is 0 Å². The summed E-state index contributed by atoms with van der Waals surface area (Å²) in [5.41, 5.74) is 0.510. The lowest BCUT2D eigenvalue weighted by molar-refractivity contribution is -0.121. The summed E-state index contributed by atoms with van der Waals surface area (Å²) in [4.78, 5) is 20.8. The summed E-state index contributed by atoms with van der Waals surface area (Å²) in [5, 5.41) is 7.02. The van der Waals surface area contributed by atoms with Gasteiger partial charge in [-0.05, 0) is 38.7 Å². The molecule has 1 amide bonds. The minimum atomic E-state index is -0.382. The normalized spacial score (nSPS) is 20.4. The summed E-state index contributed by atoms with van der Waals surface area (Å²) in [6, 6.07) is 1.88. The lowest BCUT2D eigenvalue weighted by atomic mass is 9.95. The van der Waals surface area contributed by atoms with Crippen LogP contribution in [0.3, 0.4) is 0 Å². The summed E-state index contributed by atoms with van der Waals surface area (Å²) in [7, 11) is 0. The van der Waals surface area contributed by atoms with Crippen LogP contribution in [0.1, 0.15) is 50.4 Å². The number of ether oxygens (including phenoxy) is 1. The SMILES string of the molecule is C[C@@]1(c2ncc(CNC(=O)CCCn3cccn3)cn2)CCCCO1. The highest BCUT2D eigenvalue weighted by Gasteiger charge is 2.32. The van der Waals surface area contributed by atoms with Crippen LogP contribution in [0.5, 0.6) is 0 Å². The Labute approximate surface area is 147 Å². The molecule has 3 heterocycles. The molecule has 2 aromatic heterocycles. The van der Waals surface area contributed by atoms with Crippen molar-refractivity contribution in [1.82, 2.24) is 25.1 Å². The molecule has 0 radical (unpaired) electrons. The van der Waals surface area contributed by atoms with E-state index < -0.39 is 0 Å². The van der Waals surface area contributed by atoms with Crippen molar-refractivity contribution in [2.24, 2.45) is 0 Å². The molecule has 2 aromatic rings. The van der Waals surface area contributed by atoms with Crippen molar-refractivity contribution < 1.29 is 9.53 Å². The smallest absolute Gasteiger partial charge is 0.220 e. The topological polar surface area (TPSA) is 81.9 Å². The lowest BCUT2D eigenvalue weighted by Crippen LogP contribution is -2.32. The third-order valence-electron chi connectivity index (χ3n) is 4.49. The number of nitrogens with one attached hydrogen (secondary N) is 1. The fraction of sp³-hybridized carbons (Fsp3) is 0.556. The molecule has 1 saturated heterocycles. The third kappa shape index (κ3) is 4.85. The first-order chi connectivity index (χ1) is 12.2. The van der Waals surface area contributed by atoms with Gasteiger partial charge in [0.1, 0.15) is 5.60 Å². The quantitative estimate of drug-likeness (QED) is 0.833. The summed E-state index contributed by atoms with van der Waals surface area (Å²) in [6.07, 6.45) is 11.6. The molecule has 0 bridgehead atoms. The number of carbonyl (C=O) groups excluding carboxylic acids is 1. The maximum Gasteiger partial charge on any atom is 0.220 e. The van der Waals surface area contributed by atoms with Crippen molar-refractivity contribution >= 4 is 5.91 Å². The van der Waals surface area contributed by atoms with Gasteiger partial charge in [0.25, 0.3) is 0 Å². The standard InChI is InChI=1S/C18H25N5O2/c1-18(7-2-3-11-25-18)17-20-13-15(14-21-17)12-19-16(24)6-4-9-23-10-5-8-22-23/h5,8,10,13-14H,2-4,6-7,9,11-12H2,1H3,(H,19,24)/t18-/m0/s1. The van der Waals surface area contributed by atoms with Crippen LogP contribution in [0.4, 0.5) is 0 Å². The molecule has 7 heteroatoms. The zero-order chi connectivity index (χ0) is 17.5. The van der Waals surface area contributed by atoms with Crippen molar-refractivity contribution in [3.8, 4) is 0 Å². The lowest BCUT2D eigenvalue weighted by Gasteiger charge is -2.32. The summed E-state index contributed by atoms with van der Waals surface area (Å²) >= 11 is 0. The van der Waals surface area contributed by atoms with Gasteiger partial charge >= 0.3 is 0 Å². The first-order valence-electron chi connectivity index (χ1n) is 8.85. The van der Waals surface area contributed by atoms with Gasteiger partial charge in [-0.2, -0.15) is 5.10 Å². The molecular weight excluding hydrogens is 318 g/mol. The van der Waals surface area contributed by atoms with E-state index in [4.69, 9.17) is 4.74 Å². The Hall–Kier alpha value is -2.28. The van der Waals surface area contributed by atoms with E-state index in [9.17, 15) is 4.79 Å². The van der Waals surface area contributed by atoms with E-state index in [1.807, 2.05) is 23.9 Å². The zero-order valence-electron chi connectivity index (χ0n) is 14.6. The van der Waals surface area contributed by atoms with E-state index in [2.05, 4.69) is 20.4 Å². The second-order valence-corrected chi connectivity index (χ2v) is 6.60. The summed E-state index contributed by atoms with van der Waals surface area (Å²) in [5.74, 6) is 0.750. The Morgan fingerprint density at radius 1 is 1.36 bits per heavy atom. The van der Waals surface area contributed by atoms with Gasteiger partial charge in [0.2, 0.25) is 5.91 Å². The van der Waals surface area contributed by atoms with Gasteiger partial charge < -0.3 is 10.1 Å². The Morgan fingerprint density at radius 3 is 2.88 bits per heavy atom. The number of rotatable bonds is 7. The molecule has 0 aromatic carbocycles. The maximum atomic E-state index is 11.9. The first kappa shape index (κ1) is 17.5. The van der Waals surface area contributed by atoms with Crippen molar-refractivity contribution in [2.45, 2.75) is 57.7 Å². The molecule has 134 valence electrons. The highest BCUT2D eigenvalue weighted by atomic mass is 16.5. The van der Waals surface area contributed by atoms with E-state index in [0.717, 1.165) is 50.2 Å². The number of aromatic nitrogens is 4. The first-order valence-corrected chi connectivity index (χ1v) is 8.85.